The van der Waals surface area contributed by atoms with Crippen LogP contribution in [0.5, 0.6) is 5.75 Å². The number of carboxylic acids is 1. The Hall–Kier alpha value is -4.18. The Morgan fingerprint density at radius 2 is 1.79 bits per heavy atom. The molecule has 2 aromatic carbocycles. The summed E-state index contributed by atoms with van der Waals surface area (Å²) in [6.45, 7) is 1.95. The molecule has 0 saturated carbocycles. The number of carboxylic acid groups (broad SMARTS) is 1. The highest BCUT2D eigenvalue weighted by atomic mass is 16.5. The summed E-state index contributed by atoms with van der Waals surface area (Å²) in [6.07, 6.45) is 3.07. The Bertz CT molecular complexity index is 1180. The molecule has 3 rings (SSSR count). The van der Waals surface area contributed by atoms with Crippen LogP contribution >= 0.6 is 0 Å². The second-order valence-electron chi connectivity index (χ2n) is 6.21. The van der Waals surface area contributed by atoms with E-state index < -0.39 is 11.5 Å². The van der Waals surface area contributed by atoms with Crippen molar-refractivity contribution in [2.45, 2.75) is 6.92 Å². The molecule has 0 radical (unpaired) electrons. The minimum absolute atomic E-state index is 0.0321. The molecular weight excluding hydrogens is 370 g/mol. The molecule has 0 unspecified atom stereocenters. The fourth-order valence-electron chi connectivity index (χ4n) is 2.72. The maximum Gasteiger partial charge on any atom is 0.357 e. The summed E-state index contributed by atoms with van der Waals surface area (Å²) in [5.41, 5.74) is 0.785. The van der Waals surface area contributed by atoms with Gasteiger partial charge in [0.2, 0.25) is 0 Å². The second kappa shape index (κ2) is 8.23. The van der Waals surface area contributed by atoms with Crippen molar-refractivity contribution < 1.29 is 14.6 Å². The molecule has 0 atom stereocenters. The topological polar surface area (TPSA) is 105 Å². The molecule has 1 N–H and O–H groups in total. The molecule has 3 aromatic rings. The van der Waals surface area contributed by atoms with E-state index >= 15 is 0 Å². The largest absolute Gasteiger partial charge is 0.497 e. The van der Waals surface area contributed by atoms with Crippen LogP contribution in [0.4, 0.5) is 0 Å². The third kappa shape index (κ3) is 4.06. The zero-order valence-electron chi connectivity index (χ0n) is 15.8. The minimum atomic E-state index is -1.34. The lowest BCUT2D eigenvalue weighted by Gasteiger charge is -2.10. The van der Waals surface area contributed by atoms with E-state index in [2.05, 4.69) is 5.10 Å². The molecule has 0 saturated heterocycles. The van der Waals surface area contributed by atoms with Gasteiger partial charge in [0.1, 0.15) is 17.4 Å². The van der Waals surface area contributed by atoms with Gasteiger partial charge in [-0.15, -0.1) is 0 Å². The van der Waals surface area contributed by atoms with Crippen molar-refractivity contribution in [2.75, 3.05) is 7.11 Å². The maximum atomic E-state index is 12.8. The van der Waals surface area contributed by atoms with E-state index in [-0.39, 0.29) is 16.8 Å². The number of benzene rings is 2. The first-order valence-electron chi connectivity index (χ1n) is 8.64. The van der Waals surface area contributed by atoms with E-state index in [1.54, 1.807) is 30.3 Å². The SMILES string of the molecule is COc1ccc(-n2nc(C(=O)O)c(/C=C\c3ccc(C)cc3)c(C#N)c2=O)cc1. The predicted molar refractivity (Wildman–Crippen MR) is 108 cm³/mol. The van der Waals surface area contributed by atoms with Gasteiger partial charge in [0.25, 0.3) is 5.56 Å². The summed E-state index contributed by atoms with van der Waals surface area (Å²) in [5, 5.41) is 23.2. The quantitative estimate of drug-likeness (QED) is 0.720. The first-order valence-corrected chi connectivity index (χ1v) is 8.64. The molecule has 0 aliphatic heterocycles. The van der Waals surface area contributed by atoms with Gasteiger partial charge in [-0.05, 0) is 36.8 Å². The molecule has 0 spiro atoms. The van der Waals surface area contributed by atoms with Gasteiger partial charge in [-0.2, -0.15) is 15.0 Å². The number of nitriles is 1. The Morgan fingerprint density at radius 3 is 2.34 bits per heavy atom. The maximum absolute atomic E-state index is 12.8. The summed E-state index contributed by atoms with van der Waals surface area (Å²) in [5.74, 6) is -0.772. The van der Waals surface area contributed by atoms with E-state index in [0.29, 0.717) is 11.4 Å². The van der Waals surface area contributed by atoms with Crippen molar-refractivity contribution >= 4 is 18.1 Å². The normalized spacial score (nSPS) is 10.7. The number of aryl methyl sites for hydroxylation is 1. The molecule has 0 bridgehead atoms. The van der Waals surface area contributed by atoms with Crippen LogP contribution in [0.25, 0.3) is 17.8 Å². The van der Waals surface area contributed by atoms with Crippen molar-refractivity contribution in [3.63, 3.8) is 0 Å². The van der Waals surface area contributed by atoms with Gasteiger partial charge in [-0.25, -0.2) is 4.79 Å². The Kier molecular flexibility index (Phi) is 5.56. The first-order chi connectivity index (χ1) is 13.9. The molecule has 1 heterocycles. The van der Waals surface area contributed by atoms with Crippen molar-refractivity contribution in [1.82, 2.24) is 9.78 Å². The van der Waals surface area contributed by atoms with Crippen molar-refractivity contribution in [3.8, 4) is 17.5 Å². The highest BCUT2D eigenvalue weighted by Gasteiger charge is 2.21. The number of carbonyl (C=O) groups is 1. The van der Waals surface area contributed by atoms with Crippen molar-refractivity contribution in [2.24, 2.45) is 0 Å². The van der Waals surface area contributed by atoms with Crippen molar-refractivity contribution in [3.05, 3.63) is 86.8 Å². The van der Waals surface area contributed by atoms with Crippen LogP contribution in [0, 0.1) is 18.3 Å². The summed E-state index contributed by atoms with van der Waals surface area (Å²) in [6, 6.07) is 15.7. The standard InChI is InChI=1S/C22H17N3O4/c1-14-3-5-15(6-4-14)7-12-18-19(13-23)21(26)25(24-20(18)22(27)28)16-8-10-17(29-2)11-9-16/h3-12H,1-2H3,(H,27,28)/b12-7-. The van der Waals surface area contributed by atoms with E-state index in [9.17, 15) is 20.0 Å². The average molecular weight is 387 g/mol. The number of hydrogen-bond donors (Lipinski definition) is 1. The summed E-state index contributed by atoms with van der Waals surface area (Å²) < 4.78 is 5.99. The number of aromatic nitrogens is 2. The molecule has 1 aromatic heterocycles. The molecule has 7 heteroatoms. The number of hydrogen-bond acceptors (Lipinski definition) is 5. The van der Waals surface area contributed by atoms with E-state index in [1.807, 2.05) is 37.3 Å². The highest BCUT2D eigenvalue weighted by Crippen LogP contribution is 2.18. The Balaban J connectivity index is 2.17. The predicted octanol–water partition coefficient (Wildman–Crippen LogP) is 3.29. The third-order valence-electron chi connectivity index (χ3n) is 4.28. The van der Waals surface area contributed by atoms with E-state index in [1.165, 1.54) is 13.2 Å². The molecule has 0 aliphatic rings. The summed E-state index contributed by atoms with van der Waals surface area (Å²) >= 11 is 0. The zero-order valence-corrected chi connectivity index (χ0v) is 15.8. The molecule has 29 heavy (non-hydrogen) atoms. The lowest BCUT2D eigenvalue weighted by atomic mass is 10.1. The second-order valence-corrected chi connectivity index (χ2v) is 6.21. The molecule has 144 valence electrons. The fourth-order valence-corrected chi connectivity index (χ4v) is 2.72. The van der Waals surface area contributed by atoms with Crippen LogP contribution < -0.4 is 10.3 Å². The minimum Gasteiger partial charge on any atom is -0.497 e. The lowest BCUT2D eigenvalue weighted by Crippen LogP contribution is -2.28. The van der Waals surface area contributed by atoms with Crippen LogP contribution in [-0.2, 0) is 0 Å². The van der Waals surface area contributed by atoms with Crippen molar-refractivity contribution in [1.29, 1.82) is 5.26 Å². The van der Waals surface area contributed by atoms with Crippen LogP contribution in [-0.4, -0.2) is 28.0 Å². The smallest absolute Gasteiger partial charge is 0.357 e. The average Bonchev–Trinajstić information content (AvgIpc) is 2.73. The number of methoxy groups -OCH3 is 1. The van der Waals surface area contributed by atoms with Crippen LogP contribution in [0.3, 0.4) is 0 Å². The fraction of sp³-hybridized carbons (Fsp3) is 0.0909. The number of nitrogens with zero attached hydrogens (tertiary/aromatic N) is 3. The van der Waals surface area contributed by atoms with E-state index in [0.717, 1.165) is 15.8 Å². The van der Waals surface area contributed by atoms with Gasteiger partial charge in [0, 0.05) is 5.56 Å². The third-order valence-corrected chi connectivity index (χ3v) is 4.28. The van der Waals surface area contributed by atoms with Gasteiger partial charge in [-0.1, -0.05) is 42.0 Å². The Morgan fingerprint density at radius 1 is 1.14 bits per heavy atom. The monoisotopic (exact) mass is 387 g/mol. The van der Waals surface area contributed by atoms with Gasteiger partial charge >= 0.3 is 5.97 Å². The lowest BCUT2D eigenvalue weighted by molar-refractivity contribution is 0.0688. The van der Waals surface area contributed by atoms with Gasteiger partial charge < -0.3 is 9.84 Å². The van der Waals surface area contributed by atoms with Crippen LogP contribution in [0.1, 0.15) is 32.7 Å². The first kappa shape index (κ1) is 19.6. The Labute approximate surface area is 166 Å². The van der Waals surface area contributed by atoms with E-state index in [4.69, 9.17) is 4.74 Å². The zero-order chi connectivity index (χ0) is 21.0. The summed E-state index contributed by atoms with van der Waals surface area (Å²) in [4.78, 5) is 24.6. The van der Waals surface area contributed by atoms with Gasteiger partial charge in [0.05, 0.1) is 12.8 Å². The number of rotatable bonds is 5. The van der Waals surface area contributed by atoms with Crippen LogP contribution in [0.15, 0.2) is 53.3 Å². The molecule has 7 nitrogen and oxygen atoms in total. The molecular formula is C22H17N3O4. The van der Waals surface area contributed by atoms with Gasteiger partial charge in [0.15, 0.2) is 5.69 Å². The highest BCUT2D eigenvalue weighted by molar-refractivity contribution is 5.92. The number of ether oxygens (including phenoxy) is 1. The van der Waals surface area contributed by atoms with Gasteiger partial charge in [-0.3, -0.25) is 4.79 Å². The number of aromatic carboxylic acids is 1. The molecule has 0 amide bonds. The summed E-state index contributed by atoms with van der Waals surface area (Å²) in [7, 11) is 1.50. The molecule has 0 fully saturated rings. The van der Waals surface area contributed by atoms with Crippen LogP contribution in [0.2, 0.25) is 0 Å². The molecule has 0 aliphatic carbocycles.